The van der Waals surface area contributed by atoms with Crippen molar-refractivity contribution < 1.29 is 9.21 Å². The molecule has 28 heavy (non-hydrogen) atoms. The summed E-state index contributed by atoms with van der Waals surface area (Å²) in [4.78, 5) is 17.1. The molecule has 4 nitrogen and oxygen atoms in total. The average Bonchev–Trinajstić information content (AvgIpc) is 3.11. The summed E-state index contributed by atoms with van der Waals surface area (Å²) in [5.74, 6) is 0.467. The zero-order valence-electron chi connectivity index (χ0n) is 16.2. The predicted molar refractivity (Wildman–Crippen MR) is 113 cm³/mol. The quantitative estimate of drug-likeness (QED) is 0.485. The van der Waals surface area contributed by atoms with Gasteiger partial charge in [0.1, 0.15) is 5.52 Å². The molecule has 0 saturated carbocycles. The van der Waals surface area contributed by atoms with Gasteiger partial charge in [-0.25, -0.2) is 4.98 Å². The van der Waals surface area contributed by atoms with Crippen LogP contribution in [0.25, 0.3) is 22.6 Å². The van der Waals surface area contributed by atoms with E-state index >= 15 is 0 Å². The second-order valence-electron chi connectivity index (χ2n) is 7.02. The van der Waals surface area contributed by atoms with Gasteiger partial charge in [-0.3, -0.25) is 4.79 Å². The van der Waals surface area contributed by atoms with Gasteiger partial charge in [-0.2, -0.15) is 0 Å². The van der Waals surface area contributed by atoms with E-state index in [9.17, 15) is 4.79 Å². The zero-order valence-corrected chi connectivity index (χ0v) is 16.2. The molecule has 1 aromatic heterocycles. The van der Waals surface area contributed by atoms with Crippen molar-refractivity contribution in [1.29, 1.82) is 0 Å². The fourth-order valence-electron chi connectivity index (χ4n) is 3.28. The van der Waals surface area contributed by atoms with Crippen molar-refractivity contribution in [3.8, 4) is 11.5 Å². The third-order valence-corrected chi connectivity index (χ3v) is 4.88. The Morgan fingerprint density at radius 2 is 1.79 bits per heavy atom. The maximum atomic E-state index is 12.5. The van der Waals surface area contributed by atoms with E-state index in [-0.39, 0.29) is 5.91 Å². The van der Waals surface area contributed by atoms with E-state index < -0.39 is 0 Å². The second kappa shape index (κ2) is 7.31. The molecule has 1 N–H and O–H groups in total. The molecule has 4 heteroatoms. The first-order valence-electron chi connectivity index (χ1n) is 9.42. The highest BCUT2D eigenvalue weighted by atomic mass is 16.3. The lowest BCUT2D eigenvalue weighted by atomic mass is 10.1. The van der Waals surface area contributed by atoms with Crippen LogP contribution in [0, 0.1) is 13.8 Å². The number of aromatic nitrogens is 1. The van der Waals surface area contributed by atoms with Gasteiger partial charge in [0.2, 0.25) is 5.89 Å². The molecule has 0 bridgehead atoms. The Bertz CT molecular complexity index is 1160. The Hall–Kier alpha value is -3.40. The molecule has 0 radical (unpaired) electrons. The number of rotatable bonds is 4. The van der Waals surface area contributed by atoms with Crippen molar-refractivity contribution >= 4 is 22.7 Å². The Balaban J connectivity index is 1.54. The molecule has 140 valence electrons. The summed E-state index contributed by atoms with van der Waals surface area (Å²) >= 11 is 0. The van der Waals surface area contributed by atoms with Crippen LogP contribution in [0.15, 0.2) is 65.1 Å². The normalized spacial score (nSPS) is 11.0. The molecule has 1 heterocycles. The largest absolute Gasteiger partial charge is 0.436 e. The number of nitrogens with zero attached hydrogens (tertiary/aromatic N) is 1. The van der Waals surface area contributed by atoms with E-state index in [0.29, 0.717) is 11.5 Å². The van der Waals surface area contributed by atoms with Crippen LogP contribution in [-0.2, 0) is 6.42 Å². The minimum absolute atomic E-state index is 0.112. The summed E-state index contributed by atoms with van der Waals surface area (Å²) in [6.07, 6.45) is 0.965. The number of hydrogen-bond acceptors (Lipinski definition) is 3. The lowest BCUT2D eigenvalue weighted by Crippen LogP contribution is -2.13. The van der Waals surface area contributed by atoms with Gasteiger partial charge in [0, 0.05) is 16.8 Å². The number of carbonyl (C=O) groups is 1. The molecule has 0 unspecified atom stereocenters. The van der Waals surface area contributed by atoms with E-state index in [1.54, 1.807) is 0 Å². The third-order valence-electron chi connectivity index (χ3n) is 4.88. The van der Waals surface area contributed by atoms with E-state index in [0.717, 1.165) is 39.9 Å². The SMILES string of the molecule is CCc1ccc2oc(-c3ccc(NC(=O)c4ccc(C)cc4C)cc3)nc2c1. The molecular formula is C24H22N2O2. The molecule has 4 rings (SSSR count). The molecule has 4 aromatic rings. The number of amides is 1. The summed E-state index contributed by atoms with van der Waals surface area (Å²) < 4.78 is 5.87. The molecule has 0 aliphatic heterocycles. The van der Waals surface area contributed by atoms with Crippen LogP contribution in [0.1, 0.15) is 34.0 Å². The fourth-order valence-corrected chi connectivity index (χ4v) is 3.28. The third kappa shape index (κ3) is 3.54. The number of nitrogens with one attached hydrogen (secondary N) is 1. The number of benzene rings is 3. The molecular weight excluding hydrogens is 348 g/mol. The summed E-state index contributed by atoms with van der Waals surface area (Å²) in [6, 6.07) is 19.4. The van der Waals surface area contributed by atoms with Gasteiger partial charge in [0.15, 0.2) is 5.58 Å². The monoisotopic (exact) mass is 370 g/mol. The van der Waals surface area contributed by atoms with Crippen LogP contribution in [0.4, 0.5) is 5.69 Å². The number of carbonyl (C=O) groups excluding carboxylic acids is 1. The highest BCUT2D eigenvalue weighted by Gasteiger charge is 2.11. The molecule has 0 fully saturated rings. The molecule has 0 spiro atoms. The highest BCUT2D eigenvalue weighted by molar-refractivity contribution is 6.05. The van der Waals surface area contributed by atoms with Crippen LogP contribution in [0.2, 0.25) is 0 Å². The van der Waals surface area contributed by atoms with Crippen LogP contribution >= 0.6 is 0 Å². The summed E-state index contributed by atoms with van der Waals surface area (Å²) in [5.41, 5.74) is 7.27. The molecule has 1 amide bonds. The average molecular weight is 370 g/mol. The van der Waals surface area contributed by atoms with Gasteiger partial charge in [0.25, 0.3) is 5.91 Å². The van der Waals surface area contributed by atoms with Gasteiger partial charge >= 0.3 is 0 Å². The van der Waals surface area contributed by atoms with E-state index in [1.807, 2.05) is 62.4 Å². The number of anilines is 1. The molecule has 0 aliphatic carbocycles. The molecule has 3 aromatic carbocycles. The Labute approximate surface area is 164 Å². The maximum absolute atomic E-state index is 12.5. The van der Waals surface area contributed by atoms with Crippen molar-refractivity contribution in [1.82, 2.24) is 4.98 Å². The lowest BCUT2D eigenvalue weighted by molar-refractivity contribution is 0.102. The van der Waals surface area contributed by atoms with Crippen LogP contribution in [-0.4, -0.2) is 10.9 Å². The molecule has 0 aliphatic rings. The lowest BCUT2D eigenvalue weighted by Gasteiger charge is -2.08. The van der Waals surface area contributed by atoms with Gasteiger partial charge in [-0.05, 0) is 73.9 Å². The molecule has 0 atom stereocenters. The highest BCUT2D eigenvalue weighted by Crippen LogP contribution is 2.26. The summed E-state index contributed by atoms with van der Waals surface area (Å²) in [6.45, 7) is 6.08. The minimum atomic E-state index is -0.112. The van der Waals surface area contributed by atoms with Crippen molar-refractivity contribution in [2.75, 3.05) is 5.32 Å². The van der Waals surface area contributed by atoms with Gasteiger partial charge in [-0.1, -0.05) is 30.7 Å². The Morgan fingerprint density at radius 1 is 1.00 bits per heavy atom. The van der Waals surface area contributed by atoms with Gasteiger partial charge < -0.3 is 9.73 Å². The van der Waals surface area contributed by atoms with Gasteiger partial charge in [-0.15, -0.1) is 0 Å². The van der Waals surface area contributed by atoms with Crippen molar-refractivity contribution in [2.24, 2.45) is 0 Å². The number of hydrogen-bond donors (Lipinski definition) is 1. The topological polar surface area (TPSA) is 55.1 Å². The Kier molecular flexibility index (Phi) is 4.70. The van der Waals surface area contributed by atoms with Crippen LogP contribution < -0.4 is 5.32 Å². The minimum Gasteiger partial charge on any atom is -0.436 e. The predicted octanol–water partition coefficient (Wildman–Crippen LogP) is 5.93. The first-order chi connectivity index (χ1) is 13.5. The summed E-state index contributed by atoms with van der Waals surface area (Å²) in [5, 5.41) is 2.95. The van der Waals surface area contributed by atoms with Crippen LogP contribution in [0.3, 0.4) is 0 Å². The number of aryl methyl sites for hydroxylation is 3. The second-order valence-corrected chi connectivity index (χ2v) is 7.02. The fraction of sp³-hybridized carbons (Fsp3) is 0.167. The summed E-state index contributed by atoms with van der Waals surface area (Å²) in [7, 11) is 0. The maximum Gasteiger partial charge on any atom is 0.255 e. The van der Waals surface area contributed by atoms with E-state index in [4.69, 9.17) is 4.42 Å². The number of oxazole rings is 1. The van der Waals surface area contributed by atoms with E-state index in [2.05, 4.69) is 29.4 Å². The Morgan fingerprint density at radius 3 is 2.50 bits per heavy atom. The standard InChI is InChI=1S/C24H22N2O2/c1-4-17-6-12-22-21(14-17)26-24(28-22)18-7-9-19(10-8-18)25-23(27)20-11-5-15(2)13-16(20)3/h5-14H,4H2,1-3H3,(H,25,27). The van der Waals surface area contributed by atoms with Crippen molar-refractivity contribution in [3.63, 3.8) is 0 Å². The van der Waals surface area contributed by atoms with Crippen LogP contribution in [0.5, 0.6) is 0 Å². The first-order valence-corrected chi connectivity index (χ1v) is 9.42. The van der Waals surface area contributed by atoms with Crippen molar-refractivity contribution in [2.45, 2.75) is 27.2 Å². The number of fused-ring (bicyclic) bond motifs is 1. The first kappa shape index (κ1) is 18.0. The smallest absolute Gasteiger partial charge is 0.255 e. The zero-order chi connectivity index (χ0) is 19.7. The van der Waals surface area contributed by atoms with Crippen molar-refractivity contribution in [3.05, 3.63) is 82.9 Å². The van der Waals surface area contributed by atoms with E-state index in [1.165, 1.54) is 5.56 Å². The molecule has 0 saturated heterocycles. The van der Waals surface area contributed by atoms with Gasteiger partial charge in [0.05, 0.1) is 0 Å².